The number of piperazine rings is 1. The Balaban J connectivity index is 1.35. The normalized spacial score (nSPS) is 14.1. The summed E-state index contributed by atoms with van der Waals surface area (Å²) in [4.78, 5) is 33.0. The van der Waals surface area contributed by atoms with E-state index in [1.165, 1.54) is 0 Å². The predicted molar refractivity (Wildman–Crippen MR) is 105 cm³/mol. The molecule has 0 saturated carbocycles. The van der Waals surface area contributed by atoms with Gasteiger partial charge in [-0.25, -0.2) is 24.6 Å². The number of hydrogen-bond acceptors (Lipinski definition) is 8. The number of carbonyl (C=O) groups excluding carboxylic acids is 1. The number of aryl methyl sites for hydroxylation is 2. The highest BCUT2D eigenvalue weighted by molar-refractivity contribution is 5.78. The van der Waals surface area contributed by atoms with Gasteiger partial charge in [-0.2, -0.15) is 5.10 Å². The molecule has 150 valence electrons. The lowest BCUT2D eigenvalue weighted by atomic mass is 10.3. The Morgan fingerprint density at radius 3 is 2.41 bits per heavy atom. The quantitative estimate of drug-likeness (QED) is 0.626. The third-order valence-electron chi connectivity index (χ3n) is 4.69. The minimum atomic E-state index is -0.0804. The molecule has 1 saturated heterocycles. The van der Waals surface area contributed by atoms with Crippen molar-refractivity contribution in [1.82, 2.24) is 34.6 Å². The summed E-state index contributed by atoms with van der Waals surface area (Å²) in [5.74, 6) is 1.47. The van der Waals surface area contributed by atoms with Crippen LogP contribution in [0.1, 0.15) is 11.4 Å². The Labute approximate surface area is 168 Å². The van der Waals surface area contributed by atoms with E-state index in [0.717, 1.165) is 23.0 Å². The van der Waals surface area contributed by atoms with Crippen molar-refractivity contribution >= 4 is 11.7 Å². The van der Waals surface area contributed by atoms with E-state index in [9.17, 15) is 4.79 Å². The number of ether oxygens (including phenoxy) is 1. The van der Waals surface area contributed by atoms with E-state index in [4.69, 9.17) is 4.74 Å². The first-order chi connectivity index (χ1) is 14.1. The van der Waals surface area contributed by atoms with Crippen LogP contribution in [0.5, 0.6) is 6.01 Å². The molecular formula is C19H22N8O2. The average Bonchev–Trinajstić information content (AvgIpc) is 3.11. The Hall–Kier alpha value is -3.56. The van der Waals surface area contributed by atoms with Crippen LogP contribution in [0.25, 0.3) is 5.82 Å². The van der Waals surface area contributed by atoms with Gasteiger partial charge in [-0.1, -0.05) is 0 Å². The summed E-state index contributed by atoms with van der Waals surface area (Å²) in [7, 11) is 0. The minimum Gasteiger partial charge on any atom is -0.453 e. The van der Waals surface area contributed by atoms with Crippen LogP contribution in [0.15, 0.2) is 36.9 Å². The molecule has 0 atom stereocenters. The maximum Gasteiger partial charge on any atom is 0.316 e. The number of amides is 1. The van der Waals surface area contributed by atoms with Crippen LogP contribution in [-0.4, -0.2) is 73.3 Å². The molecule has 0 aliphatic carbocycles. The first-order valence-corrected chi connectivity index (χ1v) is 9.38. The van der Waals surface area contributed by atoms with Crippen LogP contribution >= 0.6 is 0 Å². The zero-order chi connectivity index (χ0) is 20.2. The molecule has 3 aromatic heterocycles. The first kappa shape index (κ1) is 18.8. The van der Waals surface area contributed by atoms with Crippen LogP contribution in [-0.2, 0) is 4.79 Å². The molecule has 1 fully saturated rings. The molecule has 0 aromatic carbocycles. The molecule has 29 heavy (non-hydrogen) atoms. The Bertz CT molecular complexity index is 983. The van der Waals surface area contributed by atoms with Crippen molar-refractivity contribution < 1.29 is 9.53 Å². The van der Waals surface area contributed by atoms with Crippen LogP contribution in [0.4, 0.5) is 5.82 Å². The van der Waals surface area contributed by atoms with Gasteiger partial charge in [0.25, 0.3) is 5.91 Å². The van der Waals surface area contributed by atoms with Gasteiger partial charge >= 0.3 is 6.01 Å². The Morgan fingerprint density at radius 1 is 1.00 bits per heavy atom. The number of hydrogen-bond donors (Lipinski definition) is 0. The lowest BCUT2D eigenvalue weighted by Gasteiger charge is -2.35. The molecule has 0 spiro atoms. The highest BCUT2D eigenvalue weighted by Crippen LogP contribution is 2.17. The average molecular weight is 394 g/mol. The molecule has 1 aliphatic heterocycles. The van der Waals surface area contributed by atoms with Gasteiger partial charge < -0.3 is 14.5 Å². The maximum atomic E-state index is 12.4. The lowest BCUT2D eigenvalue weighted by molar-refractivity contribution is -0.133. The standard InChI is InChI=1S/C19H22N8O2/c1-14-10-15(2)27(24-14)17-11-16(22-13-23-17)25-6-8-26(9-7-25)18(28)12-29-19-20-4-3-5-21-19/h3-5,10-11,13H,6-9,12H2,1-2H3. The van der Waals surface area contributed by atoms with Crippen molar-refractivity contribution in [1.29, 1.82) is 0 Å². The molecule has 0 bridgehead atoms. The fourth-order valence-electron chi connectivity index (χ4n) is 3.25. The van der Waals surface area contributed by atoms with E-state index in [2.05, 4.69) is 29.9 Å². The highest BCUT2D eigenvalue weighted by atomic mass is 16.5. The lowest BCUT2D eigenvalue weighted by Crippen LogP contribution is -2.50. The summed E-state index contributed by atoms with van der Waals surface area (Å²) >= 11 is 0. The summed E-state index contributed by atoms with van der Waals surface area (Å²) < 4.78 is 7.16. The van der Waals surface area contributed by atoms with Gasteiger partial charge in [0.2, 0.25) is 0 Å². The van der Waals surface area contributed by atoms with E-state index >= 15 is 0 Å². The Morgan fingerprint density at radius 2 is 1.72 bits per heavy atom. The molecule has 0 N–H and O–H groups in total. The molecule has 10 nitrogen and oxygen atoms in total. The maximum absolute atomic E-state index is 12.4. The third kappa shape index (κ3) is 4.31. The summed E-state index contributed by atoms with van der Waals surface area (Å²) in [6.45, 7) is 6.43. The van der Waals surface area contributed by atoms with E-state index in [0.29, 0.717) is 26.2 Å². The van der Waals surface area contributed by atoms with Gasteiger partial charge in [-0.15, -0.1) is 0 Å². The fourth-order valence-corrected chi connectivity index (χ4v) is 3.25. The summed E-state index contributed by atoms with van der Waals surface area (Å²) in [5, 5.41) is 4.48. The molecule has 1 aliphatic rings. The second-order valence-corrected chi connectivity index (χ2v) is 6.76. The molecule has 4 rings (SSSR count). The number of aromatic nitrogens is 6. The molecule has 0 unspecified atom stereocenters. The molecular weight excluding hydrogens is 372 g/mol. The van der Waals surface area contributed by atoms with Crippen LogP contribution in [0, 0.1) is 13.8 Å². The van der Waals surface area contributed by atoms with Crippen LogP contribution < -0.4 is 9.64 Å². The number of rotatable bonds is 5. The number of carbonyl (C=O) groups is 1. The molecule has 0 radical (unpaired) electrons. The van der Waals surface area contributed by atoms with Gasteiger partial charge in [0.1, 0.15) is 12.1 Å². The van der Waals surface area contributed by atoms with Crippen molar-refractivity contribution in [2.24, 2.45) is 0 Å². The van der Waals surface area contributed by atoms with Crippen molar-refractivity contribution in [3.8, 4) is 11.8 Å². The monoisotopic (exact) mass is 394 g/mol. The SMILES string of the molecule is Cc1cc(C)n(-c2cc(N3CCN(C(=O)COc4ncccn4)CC3)ncn2)n1. The predicted octanol–water partition coefficient (Wildman–Crippen LogP) is 0.797. The van der Waals surface area contributed by atoms with Crippen molar-refractivity contribution in [3.05, 3.63) is 48.3 Å². The van der Waals surface area contributed by atoms with E-state index in [1.807, 2.05) is 30.7 Å². The largest absolute Gasteiger partial charge is 0.453 e. The van der Waals surface area contributed by atoms with E-state index in [-0.39, 0.29) is 18.5 Å². The van der Waals surface area contributed by atoms with Gasteiger partial charge in [-0.3, -0.25) is 4.79 Å². The zero-order valence-electron chi connectivity index (χ0n) is 16.4. The second-order valence-electron chi connectivity index (χ2n) is 6.76. The van der Waals surface area contributed by atoms with Gasteiger partial charge in [0.05, 0.1) is 5.69 Å². The number of nitrogens with zero attached hydrogens (tertiary/aromatic N) is 8. The molecule has 1 amide bonds. The third-order valence-corrected chi connectivity index (χ3v) is 4.69. The van der Waals surface area contributed by atoms with Crippen molar-refractivity contribution in [3.63, 3.8) is 0 Å². The molecule has 4 heterocycles. The Kier molecular flexibility index (Phi) is 5.32. The van der Waals surface area contributed by atoms with Crippen molar-refractivity contribution in [2.45, 2.75) is 13.8 Å². The zero-order valence-corrected chi connectivity index (χ0v) is 16.4. The van der Waals surface area contributed by atoms with Gasteiger partial charge in [0, 0.05) is 50.3 Å². The first-order valence-electron chi connectivity index (χ1n) is 9.38. The molecule has 3 aromatic rings. The van der Waals surface area contributed by atoms with Gasteiger partial charge in [0.15, 0.2) is 12.4 Å². The molecule has 10 heteroatoms. The van der Waals surface area contributed by atoms with Crippen LogP contribution in [0.3, 0.4) is 0 Å². The summed E-state index contributed by atoms with van der Waals surface area (Å²) in [6, 6.07) is 5.83. The van der Waals surface area contributed by atoms with E-state index in [1.54, 1.807) is 29.7 Å². The topological polar surface area (TPSA) is 102 Å². The van der Waals surface area contributed by atoms with Gasteiger partial charge in [-0.05, 0) is 26.0 Å². The fraction of sp³-hybridized carbons (Fsp3) is 0.368. The summed E-state index contributed by atoms with van der Waals surface area (Å²) in [6.07, 6.45) is 4.70. The smallest absolute Gasteiger partial charge is 0.316 e. The van der Waals surface area contributed by atoms with Crippen molar-refractivity contribution in [2.75, 3.05) is 37.7 Å². The minimum absolute atomic E-state index is 0.0698. The van der Waals surface area contributed by atoms with E-state index < -0.39 is 0 Å². The van der Waals surface area contributed by atoms with Crippen LogP contribution in [0.2, 0.25) is 0 Å². The highest BCUT2D eigenvalue weighted by Gasteiger charge is 2.23. The summed E-state index contributed by atoms with van der Waals surface area (Å²) in [5.41, 5.74) is 1.96. The second kappa shape index (κ2) is 8.21. The number of anilines is 1.